The maximum absolute atomic E-state index is 5.36. The van der Waals surface area contributed by atoms with E-state index in [2.05, 4.69) is 32.3 Å². The second kappa shape index (κ2) is 8.82. The van der Waals surface area contributed by atoms with Crippen molar-refractivity contribution in [3.05, 3.63) is 42.2 Å². The molecule has 124 valence electrons. The van der Waals surface area contributed by atoms with Crippen molar-refractivity contribution >= 4 is 5.82 Å². The Morgan fingerprint density at radius 1 is 1.13 bits per heavy atom. The highest BCUT2D eigenvalue weighted by atomic mass is 35.5. The molecule has 0 bridgehead atoms. The maximum Gasteiger partial charge on any atom is 0.130 e. The van der Waals surface area contributed by atoms with E-state index < -0.39 is 0 Å². The third-order valence-corrected chi connectivity index (χ3v) is 3.75. The second-order valence-electron chi connectivity index (χ2n) is 5.43. The van der Waals surface area contributed by atoms with Crippen LogP contribution in [0.5, 0.6) is 0 Å². The zero-order valence-corrected chi connectivity index (χ0v) is 14.1. The van der Waals surface area contributed by atoms with Crippen LogP contribution in [0.1, 0.15) is 5.82 Å². The normalized spacial score (nSPS) is 15.0. The van der Waals surface area contributed by atoms with Gasteiger partial charge in [-0.2, -0.15) is 0 Å². The standard InChI is InChI=1S/C17H22N4O.ClH/c1-14-19-16(15-5-3-2-4-6-15)13-17(20-14)18-7-8-21-9-11-22-12-10-21;/h2-6,13H,7-12H2,1H3,(H,18,19,20);1H/p-1. The molecule has 6 heteroatoms. The molecule has 1 aromatic carbocycles. The Kier molecular flexibility index (Phi) is 6.77. The van der Waals surface area contributed by atoms with E-state index in [1.807, 2.05) is 31.2 Å². The van der Waals surface area contributed by atoms with Crippen molar-refractivity contribution in [2.24, 2.45) is 0 Å². The van der Waals surface area contributed by atoms with Crippen molar-refractivity contribution in [1.82, 2.24) is 14.9 Å². The lowest BCUT2D eigenvalue weighted by Gasteiger charge is -2.26. The lowest BCUT2D eigenvalue weighted by atomic mass is 10.1. The molecule has 0 unspecified atom stereocenters. The summed E-state index contributed by atoms with van der Waals surface area (Å²) in [5.74, 6) is 1.68. The summed E-state index contributed by atoms with van der Waals surface area (Å²) < 4.78 is 5.36. The van der Waals surface area contributed by atoms with Crippen LogP contribution < -0.4 is 17.7 Å². The zero-order valence-electron chi connectivity index (χ0n) is 13.3. The Morgan fingerprint density at radius 3 is 2.61 bits per heavy atom. The number of aromatic nitrogens is 2. The molecule has 0 amide bonds. The van der Waals surface area contributed by atoms with Gasteiger partial charge in [0.05, 0.1) is 18.9 Å². The average molecular weight is 334 g/mol. The molecule has 0 spiro atoms. The number of anilines is 1. The van der Waals surface area contributed by atoms with Crippen LogP contribution in [0.25, 0.3) is 11.3 Å². The van der Waals surface area contributed by atoms with Crippen LogP contribution in [0, 0.1) is 6.92 Å². The number of rotatable bonds is 5. The van der Waals surface area contributed by atoms with Gasteiger partial charge in [-0.15, -0.1) is 0 Å². The topological polar surface area (TPSA) is 50.3 Å². The van der Waals surface area contributed by atoms with Crippen molar-refractivity contribution < 1.29 is 17.1 Å². The van der Waals surface area contributed by atoms with Gasteiger partial charge in [-0.3, -0.25) is 4.90 Å². The molecule has 2 heterocycles. The molecular formula is C17H22ClN4O-. The van der Waals surface area contributed by atoms with Crippen molar-refractivity contribution in [1.29, 1.82) is 0 Å². The molecule has 3 rings (SSSR count). The predicted octanol–water partition coefficient (Wildman–Crippen LogP) is -0.800. The minimum absolute atomic E-state index is 0. The number of ether oxygens (including phenoxy) is 1. The van der Waals surface area contributed by atoms with E-state index in [-0.39, 0.29) is 12.4 Å². The predicted molar refractivity (Wildman–Crippen MR) is 88.0 cm³/mol. The molecule has 0 radical (unpaired) electrons. The van der Waals surface area contributed by atoms with Crippen molar-refractivity contribution in [3.63, 3.8) is 0 Å². The van der Waals surface area contributed by atoms with E-state index in [1.165, 1.54) is 0 Å². The van der Waals surface area contributed by atoms with Crippen LogP contribution >= 0.6 is 0 Å². The molecular weight excluding hydrogens is 312 g/mol. The Bertz CT molecular complexity index is 603. The van der Waals surface area contributed by atoms with Gasteiger partial charge in [-0.25, -0.2) is 9.97 Å². The molecule has 1 N–H and O–H groups in total. The number of halogens is 1. The molecule has 1 aliphatic heterocycles. The zero-order chi connectivity index (χ0) is 15.2. The molecule has 1 fully saturated rings. The fourth-order valence-electron chi connectivity index (χ4n) is 2.58. The highest BCUT2D eigenvalue weighted by Crippen LogP contribution is 2.19. The first-order valence-corrected chi connectivity index (χ1v) is 7.76. The van der Waals surface area contributed by atoms with Gasteiger partial charge in [0.25, 0.3) is 0 Å². The molecule has 23 heavy (non-hydrogen) atoms. The Morgan fingerprint density at radius 2 is 1.87 bits per heavy atom. The van der Waals surface area contributed by atoms with Crippen LogP contribution in [0.15, 0.2) is 36.4 Å². The van der Waals surface area contributed by atoms with Gasteiger partial charge in [0.2, 0.25) is 0 Å². The van der Waals surface area contributed by atoms with Gasteiger partial charge < -0.3 is 22.5 Å². The van der Waals surface area contributed by atoms with E-state index in [4.69, 9.17) is 4.74 Å². The van der Waals surface area contributed by atoms with Gasteiger partial charge in [-0.05, 0) is 6.92 Å². The third-order valence-electron chi connectivity index (χ3n) is 3.75. The highest BCUT2D eigenvalue weighted by Gasteiger charge is 2.10. The van der Waals surface area contributed by atoms with Crippen LogP contribution in [0.3, 0.4) is 0 Å². The Labute approximate surface area is 143 Å². The van der Waals surface area contributed by atoms with E-state index in [1.54, 1.807) is 0 Å². The van der Waals surface area contributed by atoms with Crippen molar-refractivity contribution in [2.45, 2.75) is 6.92 Å². The number of nitrogens with zero attached hydrogens (tertiary/aromatic N) is 3. The average Bonchev–Trinajstić information content (AvgIpc) is 2.56. The fourth-order valence-corrected chi connectivity index (χ4v) is 2.58. The lowest BCUT2D eigenvalue weighted by Crippen LogP contribution is -3.00. The highest BCUT2D eigenvalue weighted by molar-refractivity contribution is 5.62. The summed E-state index contributed by atoms with van der Waals surface area (Å²) in [4.78, 5) is 11.4. The Hall–Kier alpha value is -1.69. The first-order valence-electron chi connectivity index (χ1n) is 7.76. The van der Waals surface area contributed by atoms with Gasteiger partial charge >= 0.3 is 0 Å². The molecule has 1 aliphatic rings. The summed E-state index contributed by atoms with van der Waals surface area (Å²) >= 11 is 0. The van der Waals surface area contributed by atoms with E-state index in [0.29, 0.717) is 0 Å². The van der Waals surface area contributed by atoms with Gasteiger partial charge in [0, 0.05) is 37.8 Å². The molecule has 1 aromatic heterocycles. The Balaban J connectivity index is 0.00000192. The fraction of sp³-hybridized carbons (Fsp3) is 0.412. The summed E-state index contributed by atoms with van der Waals surface area (Å²) in [6.07, 6.45) is 0. The minimum Gasteiger partial charge on any atom is -1.00 e. The quantitative estimate of drug-likeness (QED) is 0.776. The summed E-state index contributed by atoms with van der Waals surface area (Å²) in [5, 5.41) is 3.41. The van der Waals surface area contributed by atoms with E-state index in [9.17, 15) is 0 Å². The van der Waals surface area contributed by atoms with Crippen LogP contribution in [-0.4, -0.2) is 54.3 Å². The van der Waals surface area contributed by atoms with Crippen molar-refractivity contribution in [3.8, 4) is 11.3 Å². The van der Waals surface area contributed by atoms with Gasteiger partial charge in [0.1, 0.15) is 11.6 Å². The van der Waals surface area contributed by atoms with Crippen LogP contribution in [0.2, 0.25) is 0 Å². The lowest BCUT2D eigenvalue weighted by molar-refractivity contribution is -0.00000629. The first-order chi connectivity index (χ1) is 10.8. The molecule has 2 aromatic rings. The SMILES string of the molecule is Cc1nc(NCCN2CCOCC2)cc(-c2ccccc2)n1.[Cl-]. The number of aryl methyl sites for hydroxylation is 1. The van der Waals surface area contributed by atoms with E-state index >= 15 is 0 Å². The number of hydrogen-bond acceptors (Lipinski definition) is 5. The number of morpholine rings is 1. The molecule has 5 nitrogen and oxygen atoms in total. The summed E-state index contributed by atoms with van der Waals surface area (Å²) in [5.41, 5.74) is 2.08. The van der Waals surface area contributed by atoms with Crippen LogP contribution in [-0.2, 0) is 4.74 Å². The number of benzene rings is 1. The molecule has 0 atom stereocenters. The third kappa shape index (κ3) is 5.16. The maximum atomic E-state index is 5.36. The van der Waals surface area contributed by atoms with Gasteiger partial charge in [-0.1, -0.05) is 30.3 Å². The van der Waals surface area contributed by atoms with Crippen molar-refractivity contribution in [2.75, 3.05) is 44.7 Å². The molecule has 0 saturated carbocycles. The van der Waals surface area contributed by atoms with E-state index in [0.717, 1.165) is 62.3 Å². The molecule has 1 saturated heterocycles. The molecule has 0 aliphatic carbocycles. The second-order valence-corrected chi connectivity index (χ2v) is 5.43. The minimum atomic E-state index is 0. The smallest absolute Gasteiger partial charge is 0.130 e. The van der Waals surface area contributed by atoms with Crippen LogP contribution in [0.4, 0.5) is 5.82 Å². The summed E-state index contributed by atoms with van der Waals surface area (Å²) in [7, 11) is 0. The summed E-state index contributed by atoms with van der Waals surface area (Å²) in [6.45, 7) is 7.52. The number of nitrogens with one attached hydrogen (secondary N) is 1. The largest absolute Gasteiger partial charge is 1.00 e. The monoisotopic (exact) mass is 333 g/mol. The first kappa shape index (κ1) is 17.7. The number of hydrogen-bond donors (Lipinski definition) is 1. The summed E-state index contributed by atoms with van der Waals surface area (Å²) in [6, 6.07) is 12.2. The van der Waals surface area contributed by atoms with Gasteiger partial charge in [0.15, 0.2) is 0 Å².